The van der Waals surface area contributed by atoms with E-state index in [-0.39, 0.29) is 69.9 Å². The number of allylic oxidation sites excluding steroid dienone is 24. The van der Waals surface area contributed by atoms with E-state index < -0.39 is 319 Å². The van der Waals surface area contributed by atoms with Crippen molar-refractivity contribution in [3.8, 4) is 0 Å². The molecule has 138 heavy (non-hydrogen) atoms. The number of hydrogen-bond acceptors (Lipinski definition) is 36. The highest BCUT2D eigenvalue weighted by molar-refractivity contribution is 5.86. The summed E-state index contributed by atoms with van der Waals surface area (Å²) in [6.07, 6.45) is 1.94. The summed E-state index contributed by atoms with van der Waals surface area (Å²) >= 11 is 0. The van der Waals surface area contributed by atoms with Gasteiger partial charge in [-0.2, -0.15) is 0 Å². The molecule has 0 aromatic rings. The number of aliphatic hydroxyl groups excluding tert-OH is 18. The summed E-state index contributed by atoms with van der Waals surface area (Å²) in [7, 11) is 1.07. The van der Waals surface area contributed by atoms with Gasteiger partial charge in [-0.15, -0.1) is 0 Å². The van der Waals surface area contributed by atoms with Gasteiger partial charge in [0.15, 0.2) is 24.2 Å². The number of carbonyl (C=O) groups is 5. The summed E-state index contributed by atoms with van der Waals surface area (Å²) in [5, 5.41) is 234. The van der Waals surface area contributed by atoms with Crippen LogP contribution in [0.4, 0.5) is 0 Å². The normalized spacial score (nSPS) is 43.6. The molecular formula is C100H156N4O34. The number of fused-ring (bicyclic) bond motifs is 4. The molecular weight excluding hydrogens is 1800 g/mol. The van der Waals surface area contributed by atoms with Gasteiger partial charge in [-0.05, 0) is 79.2 Å². The molecule has 2 amide bonds. The lowest BCUT2D eigenvalue weighted by Gasteiger charge is -2.46. The molecule has 38 atom stereocenters. The van der Waals surface area contributed by atoms with Crippen molar-refractivity contribution in [3.05, 3.63) is 170 Å². The molecule has 0 aromatic carbocycles. The van der Waals surface area contributed by atoms with Gasteiger partial charge in [0.1, 0.15) is 30.3 Å². The van der Waals surface area contributed by atoms with E-state index in [1.807, 2.05) is 0 Å². The lowest BCUT2D eigenvalue weighted by Crippen LogP contribution is -2.63. The molecule has 4 fully saturated rings. The second-order valence-corrected chi connectivity index (χ2v) is 37.3. The van der Waals surface area contributed by atoms with Crippen LogP contribution in [0.1, 0.15) is 165 Å². The van der Waals surface area contributed by atoms with Crippen LogP contribution in [0.2, 0.25) is 0 Å². The predicted molar refractivity (Wildman–Crippen MR) is 505 cm³/mol. The maximum Gasteiger partial charge on any atom is 0.313 e. The minimum Gasteiger partial charge on any atom is -0.469 e. The number of ether oxygens (including phenoxy) is 9. The molecule has 38 heteroatoms. The molecule has 0 unspecified atom stereocenters. The lowest BCUT2D eigenvalue weighted by molar-refractivity contribution is -0.309. The van der Waals surface area contributed by atoms with Crippen LogP contribution in [0, 0.1) is 35.5 Å². The van der Waals surface area contributed by atoms with Crippen molar-refractivity contribution in [2.75, 3.05) is 26.7 Å². The Morgan fingerprint density at radius 3 is 1.17 bits per heavy atom. The van der Waals surface area contributed by atoms with Crippen LogP contribution in [0.3, 0.4) is 0 Å². The SMILES string of the molecule is COC(=O)[C@H]1[C@@H]2C[C@@H](O[C@@H]3O[C@H](C)[C@@H](O)[C@H](NCCCNC(=O)CNC(=O)[C@H]4[C@@H]5C[C@@H](O[C@@H]6O[C@H](C)[C@@H](O)[C@H](N)[C@@H]6O)/C=C/C=C/C=C/C=C/C=C/C=C/C=C/[C@H](C)[C@@H](O)[C@@H](C)[C@H](C)OC(=O)C[C@H](O)C[C@H](O)CC[C@@H](O)[C@H](O)C[C@H](O)C[C@](O)(C[C@@H]4O)O5)[C@@H]3O)/C=C/C=C/C=C/C=C/C=C/C=C/C=C/[C@H](C)[C@@H](O)[C@@H](C)[C@H](C)OC(=O)C[C@H](O)C[C@H](O)CC[C@@H](O)[C@H](O)C[C@H](O)C[C@](O)(C[C@@H]1O)O2. The fraction of sp³-hybridized carbons (Fsp3) is 0.670. The third-order valence-electron chi connectivity index (χ3n) is 25.7. The Balaban J connectivity index is 1.18. The third kappa shape index (κ3) is 41.1. The van der Waals surface area contributed by atoms with Gasteiger partial charge in [0.2, 0.25) is 11.8 Å². The van der Waals surface area contributed by atoms with E-state index in [0.29, 0.717) is 0 Å². The molecule has 38 nitrogen and oxygen atoms in total. The van der Waals surface area contributed by atoms with E-state index in [1.165, 1.54) is 26.0 Å². The molecule has 4 bridgehead atoms. The van der Waals surface area contributed by atoms with Crippen molar-refractivity contribution in [1.29, 1.82) is 0 Å². The number of rotatable bonds is 13. The van der Waals surface area contributed by atoms with Gasteiger partial charge in [-0.1, -0.05) is 198 Å². The highest BCUT2D eigenvalue weighted by Gasteiger charge is 2.54. The monoisotopic (exact) mass is 1960 g/mol. The zero-order valence-corrected chi connectivity index (χ0v) is 80.3. The van der Waals surface area contributed by atoms with Crippen LogP contribution >= 0.6 is 0 Å². The van der Waals surface area contributed by atoms with E-state index in [1.54, 1.807) is 200 Å². The Morgan fingerprint density at radius 2 is 0.761 bits per heavy atom. The fourth-order valence-electron chi connectivity index (χ4n) is 17.2. The Kier molecular flexibility index (Phi) is 52.6. The van der Waals surface area contributed by atoms with Gasteiger partial charge in [-0.3, -0.25) is 24.0 Å². The van der Waals surface area contributed by atoms with Gasteiger partial charge in [0, 0.05) is 81.6 Å². The van der Waals surface area contributed by atoms with Crippen LogP contribution in [0.5, 0.6) is 0 Å². The Labute approximate surface area is 808 Å². The van der Waals surface area contributed by atoms with Crippen LogP contribution < -0.4 is 21.7 Å². The average Bonchev–Trinajstić information content (AvgIpc) is 0.781. The first-order valence-electron chi connectivity index (χ1n) is 47.9. The summed E-state index contributed by atoms with van der Waals surface area (Å²) in [6, 6.07) is -2.47. The smallest absolute Gasteiger partial charge is 0.313 e. The van der Waals surface area contributed by atoms with E-state index >= 15 is 0 Å². The zero-order chi connectivity index (χ0) is 102. The van der Waals surface area contributed by atoms with Crippen LogP contribution in [0.25, 0.3) is 0 Å². The molecule has 4 saturated heterocycles. The van der Waals surface area contributed by atoms with Crippen LogP contribution in [-0.2, 0) is 66.6 Å². The molecule has 0 aromatic heterocycles. The largest absolute Gasteiger partial charge is 0.469 e. The number of amides is 2. The van der Waals surface area contributed by atoms with Crippen molar-refractivity contribution >= 4 is 29.7 Å². The molecule has 6 heterocycles. The van der Waals surface area contributed by atoms with Crippen molar-refractivity contribution in [2.45, 2.75) is 359 Å². The van der Waals surface area contributed by atoms with Crippen molar-refractivity contribution in [2.24, 2.45) is 41.2 Å². The predicted octanol–water partition coefficient (Wildman–Crippen LogP) is 0.694. The lowest BCUT2D eigenvalue weighted by atomic mass is 9.82. The van der Waals surface area contributed by atoms with E-state index in [9.17, 15) is 126 Å². The summed E-state index contributed by atoms with van der Waals surface area (Å²) in [4.78, 5) is 67.7. The molecule has 780 valence electrons. The minimum atomic E-state index is -2.50. The number of nitrogens with two attached hydrogens (primary N) is 1. The number of carbonyl (C=O) groups excluding carboxylic acids is 5. The first kappa shape index (κ1) is 119. The number of methoxy groups -OCH3 is 1. The zero-order valence-electron chi connectivity index (χ0n) is 80.3. The quantitative estimate of drug-likeness (QED) is 0.0685. The fourth-order valence-corrected chi connectivity index (χ4v) is 17.2. The molecule has 0 spiro atoms. The van der Waals surface area contributed by atoms with Gasteiger partial charge in [0.05, 0.1) is 179 Å². The van der Waals surface area contributed by atoms with E-state index in [0.717, 1.165) is 7.11 Å². The molecule has 0 saturated carbocycles. The van der Waals surface area contributed by atoms with Gasteiger partial charge in [0.25, 0.3) is 0 Å². The van der Waals surface area contributed by atoms with Gasteiger partial charge >= 0.3 is 17.9 Å². The Bertz CT molecular complexity index is 4080. The summed E-state index contributed by atoms with van der Waals surface area (Å²) in [5.41, 5.74) is 6.22. The highest BCUT2D eigenvalue weighted by atomic mass is 16.7. The Hall–Kier alpha value is -7.41. The van der Waals surface area contributed by atoms with Gasteiger partial charge in [-0.25, -0.2) is 0 Å². The Morgan fingerprint density at radius 1 is 0.391 bits per heavy atom. The molecule has 6 aliphatic heterocycles. The van der Waals surface area contributed by atoms with Gasteiger partial charge < -0.3 is 166 Å². The second kappa shape index (κ2) is 60.9. The number of aliphatic hydroxyl groups is 20. The maximum atomic E-state index is 14.6. The average molecular weight is 1960 g/mol. The van der Waals surface area contributed by atoms with E-state index in [2.05, 4.69) is 16.0 Å². The summed E-state index contributed by atoms with van der Waals surface area (Å²) < 4.78 is 53.4. The molecule has 6 rings (SSSR count). The number of esters is 3. The maximum absolute atomic E-state index is 14.6. The van der Waals surface area contributed by atoms with E-state index in [4.69, 9.17) is 48.4 Å². The first-order chi connectivity index (χ1) is 65.3. The molecule has 0 aliphatic carbocycles. The minimum absolute atomic E-state index is 0.00101. The first-order valence-corrected chi connectivity index (χ1v) is 47.9. The number of nitrogens with one attached hydrogen (secondary N) is 3. The number of hydrogen-bond donors (Lipinski definition) is 24. The van der Waals surface area contributed by atoms with Crippen molar-refractivity contribution in [1.82, 2.24) is 16.0 Å². The topological polar surface area (TPSA) is 635 Å². The molecule has 6 aliphatic rings. The highest BCUT2D eigenvalue weighted by Crippen LogP contribution is 2.42. The van der Waals surface area contributed by atoms with Crippen LogP contribution in [0.15, 0.2) is 170 Å². The van der Waals surface area contributed by atoms with Crippen molar-refractivity contribution in [3.63, 3.8) is 0 Å². The standard InChI is InChI=1S/C100H156N4O34/c1-58-35-30-26-22-18-14-10-12-16-20-24-28-32-37-72(135-97-93(124)87(101)91(122)64(7)133-97)51-80-85(78(115)55-99(128,137-80)53-70(109)47-76(113)74(111)41-39-66(105)45-68(107)49-83(118)131-62(5)60(3)89(58)120)95(126)104-57-82(117)102-43-34-44-103-88-92(123)65(8)134-98(94(88)125)136-73-38-33-29-25-21-17-13-11-15-19-23-27-31-36-59(2)90(121)61(4)63(6)132-84(119)50-69(108)46-67(106)40-42-75(112)77(114)48-71(110)54-100(129)56-79(116)86(96(127)130-9)81(52-73)138-100/h10-33,35-38,58-81,85-94,97-98,103,105-116,120-125,128-129H,34,39-57,101H2,1-9H3,(H,102,117)(H,104,126)/b12-10+,13-11+,18-14+,19-15+,20-16+,21-17+,26-22+,27-23+,28-24+,29-25+,35-30+,36-31+,37-32+,38-33+/t58-,59-,60-,61-,62-,63-,64+,65+,66+,67+,68+,69+,70-,71-,72-,73-,74+,75+,76+,77+,78-,79-,80-,81-,85+,86+,87-,88-,89+,90+,91+,92+,93-,94-,97-,98-,99+,100+/m0/s1. The summed E-state index contributed by atoms with van der Waals surface area (Å²) in [5.74, 6) is -14.0. The molecule has 0 radical (unpaired) electrons. The number of cyclic esters (lactones) is 2. The van der Waals surface area contributed by atoms with Crippen LogP contribution in [-0.4, -0.2) is 354 Å². The summed E-state index contributed by atoms with van der Waals surface area (Å²) in [6.45, 7) is 12.5. The molecule has 25 N–H and O–H groups in total. The second-order valence-electron chi connectivity index (χ2n) is 37.3. The third-order valence-corrected chi connectivity index (χ3v) is 25.7. The van der Waals surface area contributed by atoms with Crippen molar-refractivity contribution < 1.29 is 169 Å².